The van der Waals surface area contributed by atoms with Crippen LogP contribution in [0.25, 0.3) is 0 Å². The van der Waals surface area contributed by atoms with Crippen molar-refractivity contribution in [2.75, 3.05) is 0 Å². The smallest absolute Gasteiger partial charge is 0.131 e. The summed E-state index contributed by atoms with van der Waals surface area (Å²) in [4.78, 5) is 0. The van der Waals surface area contributed by atoms with Gasteiger partial charge in [-0.05, 0) is 24.3 Å². The van der Waals surface area contributed by atoms with Crippen molar-refractivity contribution in [2.45, 2.75) is 11.8 Å². The molecule has 0 aromatic heterocycles. The molecule has 3 rings (SSSR count). The van der Waals surface area contributed by atoms with Crippen molar-refractivity contribution in [1.29, 1.82) is 0 Å². The molecule has 0 saturated heterocycles. The van der Waals surface area contributed by atoms with Gasteiger partial charge in [0.15, 0.2) is 0 Å². The first-order valence-corrected chi connectivity index (χ1v) is 8.60. The Labute approximate surface area is 151 Å². The fourth-order valence-corrected chi connectivity index (χ4v) is 2.72. The third-order valence-electron chi connectivity index (χ3n) is 3.49. The van der Waals surface area contributed by atoms with Crippen molar-refractivity contribution < 1.29 is 9.47 Å². The highest BCUT2D eigenvalue weighted by molar-refractivity contribution is 6.17. The minimum absolute atomic E-state index is 0.398. The van der Waals surface area contributed by atoms with Crippen molar-refractivity contribution in [3.8, 4) is 23.0 Å². The quantitative estimate of drug-likeness (QED) is 0.453. The molecule has 4 heteroatoms. The van der Waals surface area contributed by atoms with Gasteiger partial charge in [0, 0.05) is 17.2 Å². The van der Waals surface area contributed by atoms with Crippen molar-refractivity contribution in [1.82, 2.24) is 0 Å². The molecule has 24 heavy (non-hydrogen) atoms. The van der Waals surface area contributed by atoms with Crippen LogP contribution in [0.1, 0.15) is 11.1 Å². The molecule has 0 atom stereocenters. The maximum atomic E-state index is 5.95. The topological polar surface area (TPSA) is 18.5 Å². The van der Waals surface area contributed by atoms with E-state index in [1.807, 2.05) is 72.8 Å². The summed E-state index contributed by atoms with van der Waals surface area (Å²) in [5, 5.41) is 0. The van der Waals surface area contributed by atoms with Crippen LogP contribution in [-0.2, 0) is 11.8 Å². The van der Waals surface area contributed by atoms with Crippen LogP contribution >= 0.6 is 23.2 Å². The van der Waals surface area contributed by atoms with E-state index in [2.05, 4.69) is 0 Å². The van der Waals surface area contributed by atoms with Gasteiger partial charge in [0.05, 0.1) is 11.8 Å². The SMILES string of the molecule is ClCc1ccccc1Oc1cccc(Oc2ccccc2CCl)c1. The fraction of sp³-hybridized carbons (Fsp3) is 0.100. The maximum absolute atomic E-state index is 5.95. The molecule has 3 aromatic rings. The van der Waals surface area contributed by atoms with Gasteiger partial charge >= 0.3 is 0 Å². The zero-order chi connectivity index (χ0) is 16.8. The average Bonchev–Trinajstić information content (AvgIpc) is 2.63. The van der Waals surface area contributed by atoms with Crippen LogP contribution in [0, 0.1) is 0 Å². The number of para-hydroxylation sites is 2. The van der Waals surface area contributed by atoms with Gasteiger partial charge in [0.25, 0.3) is 0 Å². The Kier molecular flexibility index (Phi) is 5.63. The molecule has 122 valence electrons. The van der Waals surface area contributed by atoms with Crippen LogP contribution in [0.15, 0.2) is 72.8 Å². The Morgan fingerprint density at radius 3 is 1.50 bits per heavy atom. The molecule has 2 nitrogen and oxygen atoms in total. The van der Waals surface area contributed by atoms with Gasteiger partial charge in [-0.3, -0.25) is 0 Å². The van der Waals surface area contributed by atoms with Crippen LogP contribution in [0.5, 0.6) is 23.0 Å². The van der Waals surface area contributed by atoms with E-state index in [-0.39, 0.29) is 0 Å². The van der Waals surface area contributed by atoms with Crippen molar-refractivity contribution in [3.05, 3.63) is 83.9 Å². The number of hydrogen-bond donors (Lipinski definition) is 0. The van der Waals surface area contributed by atoms with Crippen LogP contribution < -0.4 is 9.47 Å². The summed E-state index contributed by atoms with van der Waals surface area (Å²) in [5.41, 5.74) is 1.89. The standard InChI is InChI=1S/C20H16Cl2O2/c21-13-15-6-1-3-10-19(15)23-17-8-5-9-18(12-17)24-20-11-4-2-7-16(20)14-22/h1-12H,13-14H2. The average molecular weight is 359 g/mol. The molecular weight excluding hydrogens is 343 g/mol. The minimum atomic E-state index is 0.398. The lowest BCUT2D eigenvalue weighted by atomic mass is 10.2. The maximum Gasteiger partial charge on any atom is 0.131 e. The Morgan fingerprint density at radius 1 is 0.583 bits per heavy atom. The van der Waals surface area contributed by atoms with E-state index in [0.29, 0.717) is 23.3 Å². The predicted octanol–water partition coefficient (Wildman–Crippen LogP) is 6.75. The summed E-state index contributed by atoms with van der Waals surface area (Å²) in [6.45, 7) is 0. The van der Waals surface area contributed by atoms with Gasteiger partial charge in [-0.15, -0.1) is 23.2 Å². The van der Waals surface area contributed by atoms with Crippen LogP contribution in [-0.4, -0.2) is 0 Å². The third-order valence-corrected chi connectivity index (χ3v) is 4.07. The highest BCUT2D eigenvalue weighted by atomic mass is 35.5. The molecule has 0 heterocycles. The Morgan fingerprint density at radius 2 is 1.04 bits per heavy atom. The summed E-state index contributed by atoms with van der Waals surface area (Å²) < 4.78 is 11.9. The second-order valence-corrected chi connectivity index (χ2v) is 5.70. The van der Waals surface area contributed by atoms with E-state index in [0.717, 1.165) is 22.6 Å². The first-order valence-electron chi connectivity index (χ1n) is 7.53. The van der Waals surface area contributed by atoms with Gasteiger partial charge in [0.1, 0.15) is 23.0 Å². The normalized spacial score (nSPS) is 10.4. The monoisotopic (exact) mass is 358 g/mol. The van der Waals surface area contributed by atoms with E-state index < -0.39 is 0 Å². The molecule has 0 saturated carbocycles. The molecule has 0 N–H and O–H groups in total. The fourth-order valence-electron chi connectivity index (χ4n) is 2.28. The number of alkyl halides is 2. The van der Waals surface area contributed by atoms with Crippen LogP contribution in [0.2, 0.25) is 0 Å². The molecule has 3 aromatic carbocycles. The Bertz CT molecular complexity index is 753. The molecular formula is C20H16Cl2O2. The third kappa shape index (κ3) is 4.02. The molecule has 0 aliphatic rings. The molecule has 0 fully saturated rings. The Balaban J connectivity index is 1.82. The zero-order valence-electron chi connectivity index (χ0n) is 12.9. The summed E-state index contributed by atoms with van der Waals surface area (Å²) in [6.07, 6.45) is 0. The number of rotatable bonds is 6. The van der Waals surface area contributed by atoms with E-state index in [4.69, 9.17) is 32.7 Å². The second-order valence-electron chi connectivity index (χ2n) is 5.16. The van der Waals surface area contributed by atoms with E-state index in [1.165, 1.54) is 0 Å². The molecule has 0 bridgehead atoms. The summed E-state index contributed by atoms with van der Waals surface area (Å²) >= 11 is 11.9. The van der Waals surface area contributed by atoms with E-state index >= 15 is 0 Å². The molecule has 0 unspecified atom stereocenters. The van der Waals surface area contributed by atoms with Crippen molar-refractivity contribution >= 4 is 23.2 Å². The number of halogens is 2. The predicted molar refractivity (Wildman–Crippen MR) is 98.6 cm³/mol. The largest absolute Gasteiger partial charge is 0.457 e. The van der Waals surface area contributed by atoms with E-state index in [9.17, 15) is 0 Å². The highest BCUT2D eigenvalue weighted by Gasteiger charge is 2.07. The van der Waals surface area contributed by atoms with Gasteiger partial charge in [-0.25, -0.2) is 0 Å². The summed E-state index contributed by atoms with van der Waals surface area (Å²) in [6, 6.07) is 22.9. The molecule has 0 amide bonds. The molecule has 0 aliphatic carbocycles. The molecule has 0 spiro atoms. The summed E-state index contributed by atoms with van der Waals surface area (Å²) in [7, 11) is 0. The first-order chi connectivity index (χ1) is 11.8. The van der Waals surface area contributed by atoms with Gasteiger partial charge in [-0.2, -0.15) is 0 Å². The number of hydrogen-bond acceptors (Lipinski definition) is 2. The lowest BCUT2D eigenvalue weighted by Gasteiger charge is -2.12. The minimum Gasteiger partial charge on any atom is -0.457 e. The lowest BCUT2D eigenvalue weighted by Crippen LogP contribution is -1.91. The van der Waals surface area contributed by atoms with Crippen molar-refractivity contribution in [2.24, 2.45) is 0 Å². The second kappa shape index (κ2) is 8.09. The van der Waals surface area contributed by atoms with Gasteiger partial charge < -0.3 is 9.47 Å². The van der Waals surface area contributed by atoms with Crippen LogP contribution in [0.4, 0.5) is 0 Å². The molecule has 0 radical (unpaired) electrons. The van der Waals surface area contributed by atoms with Crippen LogP contribution in [0.3, 0.4) is 0 Å². The zero-order valence-corrected chi connectivity index (χ0v) is 14.4. The van der Waals surface area contributed by atoms with Gasteiger partial charge in [0.2, 0.25) is 0 Å². The lowest BCUT2D eigenvalue weighted by molar-refractivity contribution is 0.456. The highest BCUT2D eigenvalue weighted by Crippen LogP contribution is 2.31. The summed E-state index contributed by atoms with van der Waals surface area (Å²) in [5.74, 6) is 3.66. The van der Waals surface area contributed by atoms with Crippen molar-refractivity contribution in [3.63, 3.8) is 0 Å². The first kappa shape index (κ1) is 16.7. The van der Waals surface area contributed by atoms with Gasteiger partial charge in [-0.1, -0.05) is 42.5 Å². The molecule has 0 aliphatic heterocycles. The van der Waals surface area contributed by atoms with E-state index in [1.54, 1.807) is 0 Å². The number of ether oxygens (including phenoxy) is 2. The number of benzene rings is 3. The Hall–Kier alpha value is -2.16.